The fourth-order valence-electron chi connectivity index (χ4n) is 4.58. The molecule has 33 heavy (non-hydrogen) atoms. The maximum Gasteiger partial charge on any atom is 0.252 e. The van der Waals surface area contributed by atoms with Gasteiger partial charge in [-0.1, -0.05) is 18.6 Å². The minimum atomic E-state index is -3.51. The Bertz CT molecular complexity index is 1320. The van der Waals surface area contributed by atoms with Crippen molar-refractivity contribution in [1.29, 1.82) is 0 Å². The minimum absolute atomic E-state index is 0.204. The predicted molar refractivity (Wildman–Crippen MR) is 125 cm³/mol. The highest BCUT2D eigenvalue weighted by atomic mass is 32.2. The zero-order valence-corrected chi connectivity index (χ0v) is 19.9. The van der Waals surface area contributed by atoms with E-state index in [2.05, 4.69) is 10.4 Å². The van der Waals surface area contributed by atoms with Crippen molar-refractivity contribution in [1.82, 2.24) is 24.4 Å². The second-order valence-corrected chi connectivity index (χ2v) is 11.0. The van der Waals surface area contributed by atoms with Crippen molar-refractivity contribution in [3.63, 3.8) is 0 Å². The lowest BCUT2D eigenvalue weighted by Crippen LogP contribution is -2.35. The third kappa shape index (κ3) is 4.27. The number of aromatic nitrogens is 3. The molecule has 1 aromatic carbocycles. The molecule has 1 amide bonds. The van der Waals surface area contributed by atoms with E-state index in [-0.39, 0.29) is 17.3 Å². The smallest absolute Gasteiger partial charge is 0.252 e. The van der Waals surface area contributed by atoms with Crippen molar-refractivity contribution in [2.75, 3.05) is 13.1 Å². The molecule has 0 atom stereocenters. The molecule has 3 aromatic rings. The molecule has 3 heterocycles. The molecule has 1 aliphatic heterocycles. The summed E-state index contributed by atoms with van der Waals surface area (Å²) in [6.07, 6.45) is 5.04. The maximum atomic E-state index is 13.2. The van der Waals surface area contributed by atoms with E-state index in [4.69, 9.17) is 4.98 Å². The van der Waals surface area contributed by atoms with Gasteiger partial charge in [0.1, 0.15) is 0 Å². The topological polar surface area (TPSA) is 97.2 Å². The minimum Gasteiger partial charge on any atom is -0.348 e. The zero-order chi connectivity index (χ0) is 23.2. The number of nitrogens with zero attached hydrogens (tertiary/aromatic N) is 4. The molecular weight excluding hydrogens is 438 g/mol. The summed E-state index contributed by atoms with van der Waals surface area (Å²) in [6, 6.07) is 8.75. The Kier molecular flexibility index (Phi) is 5.70. The van der Waals surface area contributed by atoms with E-state index in [1.807, 2.05) is 26.1 Å². The number of fused-ring (bicyclic) bond motifs is 1. The molecule has 1 saturated heterocycles. The van der Waals surface area contributed by atoms with Crippen molar-refractivity contribution < 1.29 is 13.2 Å². The lowest BCUT2D eigenvalue weighted by Gasteiger charge is -2.26. The van der Waals surface area contributed by atoms with Crippen LogP contribution >= 0.6 is 0 Å². The van der Waals surface area contributed by atoms with Crippen LogP contribution in [0, 0.1) is 6.92 Å². The molecule has 9 heteroatoms. The van der Waals surface area contributed by atoms with Crippen LogP contribution in [-0.2, 0) is 23.6 Å². The van der Waals surface area contributed by atoms with Gasteiger partial charge in [0.25, 0.3) is 5.91 Å². The second-order valence-electron chi connectivity index (χ2n) is 9.07. The molecule has 0 unspecified atom stereocenters. The Labute approximate surface area is 194 Å². The number of carbonyl (C=O) groups excluding carboxylic acids is 1. The summed E-state index contributed by atoms with van der Waals surface area (Å²) in [5.41, 5.74) is 3.74. The van der Waals surface area contributed by atoms with Gasteiger partial charge >= 0.3 is 0 Å². The van der Waals surface area contributed by atoms with Crippen LogP contribution in [-0.4, -0.2) is 46.5 Å². The summed E-state index contributed by atoms with van der Waals surface area (Å²) >= 11 is 0. The molecule has 0 bridgehead atoms. The van der Waals surface area contributed by atoms with Crippen LogP contribution in [0.25, 0.3) is 11.0 Å². The summed E-state index contributed by atoms with van der Waals surface area (Å²) in [5.74, 6) is 0.206. The number of hydrogen-bond donors (Lipinski definition) is 1. The van der Waals surface area contributed by atoms with Gasteiger partial charge in [0.2, 0.25) is 10.0 Å². The summed E-state index contributed by atoms with van der Waals surface area (Å²) in [7, 11) is -1.67. The third-order valence-electron chi connectivity index (χ3n) is 6.53. The largest absolute Gasteiger partial charge is 0.348 e. The summed E-state index contributed by atoms with van der Waals surface area (Å²) in [4.78, 5) is 18.2. The highest BCUT2D eigenvalue weighted by Gasteiger charge is 2.29. The zero-order valence-electron chi connectivity index (χ0n) is 19.0. The first-order chi connectivity index (χ1) is 15.8. The average Bonchev–Trinajstić information content (AvgIpc) is 3.64. The van der Waals surface area contributed by atoms with Gasteiger partial charge < -0.3 is 5.32 Å². The molecule has 174 valence electrons. The highest BCUT2D eigenvalue weighted by molar-refractivity contribution is 7.89. The summed E-state index contributed by atoms with van der Waals surface area (Å²) in [6.45, 7) is 3.25. The highest BCUT2D eigenvalue weighted by Crippen LogP contribution is 2.40. The van der Waals surface area contributed by atoms with E-state index in [0.29, 0.717) is 24.6 Å². The molecule has 8 nitrogen and oxygen atoms in total. The fraction of sp³-hybridized carbons (Fsp3) is 0.458. The van der Waals surface area contributed by atoms with Crippen LogP contribution in [0.2, 0.25) is 0 Å². The molecule has 2 fully saturated rings. The Balaban J connectivity index is 1.38. The van der Waals surface area contributed by atoms with Gasteiger partial charge in [0, 0.05) is 38.3 Å². The number of nitrogens with one attached hydrogen (secondary N) is 1. The number of aryl methyl sites for hydroxylation is 2. The van der Waals surface area contributed by atoms with Crippen molar-refractivity contribution >= 4 is 27.0 Å². The summed E-state index contributed by atoms with van der Waals surface area (Å²) in [5, 5.41) is 8.20. The van der Waals surface area contributed by atoms with Gasteiger partial charge in [-0.2, -0.15) is 9.40 Å². The quantitative estimate of drug-likeness (QED) is 0.600. The van der Waals surface area contributed by atoms with Crippen LogP contribution < -0.4 is 5.32 Å². The van der Waals surface area contributed by atoms with Crippen molar-refractivity contribution in [2.24, 2.45) is 7.05 Å². The van der Waals surface area contributed by atoms with Crippen molar-refractivity contribution in [3.05, 3.63) is 52.8 Å². The molecule has 0 radical (unpaired) electrons. The van der Waals surface area contributed by atoms with Gasteiger partial charge in [0.05, 0.1) is 21.5 Å². The third-order valence-corrected chi connectivity index (χ3v) is 8.43. The lowest BCUT2D eigenvalue weighted by atomic mass is 10.1. The van der Waals surface area contributed by atoms with Crippen LogP contribution in [0.5, 0.6) is 0 Å². The number of benzene rings is 1. The van der Waals surface area contributed by atoms with E-state index in [1.54, 1.807) is 27.2 Å². The van der Waals surface area contributed by atoms with Crippen LogP contribution in [0.3, 0.4) is 0 Å². The van der Waals surface area contributed by atoms with E-state index in [0.717, 1.165) is 60.1 Å². The molecule has 2 aliphatic rings. The van der Waals surface area contributed by atoms with Crippen LogP contribution in [0.1, 0.15) is 65.3 Å². The Morgan fingerprint density at radius 1 is 1.15 bits per heavy atom. The maximum absolute atomic E-state index is 13.2. The van der Waals surface area contributed by atoms with Gasteiger partial charge in [-0.05, 0) is 56.4 Å². The van der Waals surface area contributed by atoms with Crippen LogP contribution in [0.4, 0.5) is 0 Å². The Morgan fingerprint density at radius 2 is 1.91 bits per heavy atom. The fourth-order valence-corrected chi connectivity index (χ4v) is 6.17. The first-order valence-corrected chi connectivity index (χ1v) is 13.0. The van der Waals surface area contributed by atoms with Gasteiger partial charge in [0.15, 0.2) is 5.65 Å². The molecule has 5 rings (SSSR count). The predicted octanol–water partition coefficient (Wildman–Crippen LogP) is 3.26. The molecule has 1 saturated carbocycles. The number of carbonyl (C=O) groups is 1. The Morgan fingerprint density at radius 3 is 2.64 bits per heavy atom. The lowest BCUT2D eigenvalue weighted by molar-refractivity contribution is 0.0952. The van der Waals surface area contributed by atoms with E-state index < -0.39 is 10.0 Å². The number of pyridine rings is 1. The van der Waals surface area contributed by atoms with Crippen molar-refractivity contribution in [2.45, 2.75) is 56.4 Å². The standard InChI is InChI=1S/C24H29N5O3S/c1-16-22-20(14-21(18-9-10-18)26-23(22)28(2)27-16)24(30)25-15-17-7-6-8-19(13-17)33(31,32)29-11-4-3-5-12-29/h6-8,13-14,18H,3-5,9-12,15H2,1-2H3,(H,25,30). The Hall–Kier alpha value is -2.78. The molecule has 1 N–H and O–H groups in total. The number of piperidine rings is 1. The first-order valence-electron chi connectivity index (χ1n) is 11.6. The van der Waals surface area contributed by atoms with E-state index in [1.165, 1.54) is 0 Å². The van der Waals surface area contributed by atoms with Crippen molar-refractivity contribution in [3.8, 4) is 0 Å². The van der Waals surface area contributed by atoms with Gasteiger partial charge in [-0.3, -0.25) is 9.48 Å². The molecular formula is C24H29N5O3S. The van der Waals surface area contributed by atoms with Crippen LogP contribution in [0.15, 0.2) is 35.2 Å². The van der Waals surface area contributed by atoms with E-state index in [9.17, 15) is 13.2 Å². The van der Waals surface area contributed by atoms with Gasteiger partial charge in [-0.15, -0.1) is 0 Å². The summed E-state index contributed by atoms with van der Waals surface area (Å²) < 4.78 is 29.3. The SMILES string of the molecule is Cc1nn(C)c2nc(C3CC3)cc(C(=O)NCc3cccc(S(=O)(=O)N4CCCCC4)c3)c12. The van der Waals surface area contributed by atoms with E-state index >= 15 is 0 Å². The monoisotopic (exact) mass is 467 g/mol. The number of rotatable bonds is 6. The number of amides is 1. The van der Waals surface area contributed by atoms with Gasteiger partial charge in [-0.25, -0.2) is 13.4 Å². The first kappa shape index (κ1) is 22.0. The molecule has 0 spiro atoms. The molecule has 2 aromatic heterocycles. The number of hydrogen-bond acceptors (Lipinski definition) is 5. The normalized spacial score (nSPS) is 17.4. The molecule has 1 aliphatic carbocycles. The number of sulfonamides is 1. The second kappa shape index (κ2) is 8.53. The average molecular weight is 468 g/mol.